The van der Waals surface area contributed by atoms with Gasteiger partial charge in [0.15, 0.2) is 0 Å². The molecule has 1 aromatic heterocycles. The van der Waals surface area contributed by atoms with E-state index in [1.807, 2.05) is 0 Å². The first-order chi connectivity index (χ1) is 9.54. The lowest BCUT2D eigenvalue weighted by atomic mass is 10.0. The van der Waals surface area contributed by atoms with Crippen LogP contribution in [0, 0.1) is 11.6 Å². The maximum atomic E-state index is 13.3. The first kappa shape index (κ1) is 12.8. The summed E-state index contributed by atoms with van der Waals surface area (Å²) >= 11 is 6.27. The van der Waals surface area contributed by atoms with Crippen LogP contribution >= 0.6 is 11.6 Å². The standard InChI is InChI=1S/C15H8ClF2NO/c16-15-11(8-5-9(17)7-10(18)6-8)1-3-13-12(15)2-4-14(20)19-13/h1-7H,(H,19,20). The lowest BCUT2D eigenvalue weighted by Crippen LogP contribution is -2.02. The molecular formula is C15H8ClF2NO. The Morgan fingerprint density at radius 1 is 0.950 bits per heavy atom. The smallest absolute Gasteiger partial charge is 0.248 e. The third-order valence-electron chi connectivity index (χ3n) is 3.01. The van der Waals surface area contributed by atoms with Crippen LogP contribution in [0.3, 0.4) is 0 Å². The quantitative estimate of drug-likeness (QED) is 0.718. The highest BCUT2D eigenvalue weighted by atomic mass is 35.5. The number of aromatic nitrogens is 1. The Kier molecular flexibility index (Phi) is 3.03. The maximum absolute atomic E-state index is 13.3. The number of benzene rings is 2. The minimum Gasteiger partial charge on any atom is -0.322 e. The number of nitrogens with one attached hydrogen (secondary N) is 1. The zero-order valence-corrected chi connectivity index (χ0v) is 10.8. The van der Waals surface area contributed by atoms with Crippen molar-refractivity contribution in [3.8, 4) is 11.1 Å². The van der Waals surface area contributed by atoms with Gasteiger partial charge in [-0.05, 0) is 29.8 Å². The summed E-state index contributed by atoms with van der Waals surface area (Å²) in [5.41, 5.74) is 1.19. The van der Waals surface area contributed by atoms with Gasteiger partial charge in [0.05, 0.1) is 5.02 Å². The average molecular weight is 292 g/mol. The van der Waals surface area contributed by atoms with E-state index in [4.69, 9.17) is 11.6 Å². The summed E-state index contributed by atoms with van der Waals surface area (Å²) in [5.74, 6) is -1.34. The highest BCUT2D eigenvalue weighted by molar-refractivity contribution is 6.38. The summed E-state index contributed by atoms with van der Waals surface area (Å²) in [7, 11) is 0. The number of rotatable bonds is 1. The zero-order chi connectivity index (χ0) is 14.3. The van der Waals surface area contributed by atoms with Gasteiger partial charge in [-0.3, -0.25) is 4.79 Å². The van der Waals surface area contributed by atoms with E-state index in [-0.39, 0.29) is 5.56 Å². The summed E-state index contributed by atoms with van der Waals surface area (Å²) in [6.07, 6.45) is 0. The molecule has 0 bridgehead atoms. The van der Waals surface area contributed by atoms with Crippen molar-refractivity contribution >= 4 is 22.5 Å². The molecule has 0 saturated heterocycles. The molecule has 5 heteroatoms. The van der Waals surface area contributed by atoms with Crippen molar-refractivity contribution in [1.29, 1.82) is 0 Å². The topological polar surface area (TPSA) is 32.9 Å². The fourth-order valence-corrected chi connectivity index (χ4v) is 2.47. The Bertz CT molecular complexity index is 853. The lowest BCUT2D eigenvalue weighted by Gasteiger charge is -2.08. The number of hydrogen-bond donors (Lipinski definition) is 1. The van der Waals surface area contributed by atoms with E-state index in [2.05, 4.69) is 4.98 Å². The number of H-pyrrole nitrogens is 1. The SMILES string of the molecule is O=c1ccc2c(Cl)c(-c3cc(F)cc(F)c3)ccc2[nH]1. The second-order valence-electron chi connectivity index (χ2n) is 4.37. The van der Waals surface area contributed by atoms with Crippen LogP contribution in [-0.2, 0) is 0 Å². The normalized spacial score (nSPS) is 10.9. The number of halogens is 3. The number of aromatic amines is 1. The van der Waals surface area contributed by atoms with E-state index >= 15 is 0 Å². The van der Waals surface area contributed by atoms with Crippen LogP contribution < -0.4 is 5.56 Å². The number of pyridine rings is 1. The highest BCUT2D eigenvalue weighted by Gasteiger charge is 2.10. The predicted octanol–water partition coefficient (Wildman–Crippen LogP) is 4.13. The summed E-state index contributed by atoms with van der Waals surface area (Å²) in [5, 5.41) is 0.956. The molecule has 0 radical (unpaired) electrons. The van der Waals surface area contributed by atoms with Gasteiger partial charge in [-0.25, -0.2) is 8.78 Å². The molecule has 0 fully saturated rings. The van der Waals surface area contributed by atoms with Crippen molar-refractivity contribution in [1.82, 2.24) is 4.98 Å². The van der Waals surface area contributed by atoms with Crippen LogP contribution in [0.15, 0.2) is 47.3 Å². The van der Waals surface area contributed by atoms with Crippen molar-refractivity contribution in [3.05, 3.63) is 69.5 Å². The minimum atomic E-state index is -0.669. The van der Waals surface area contributed by atoms with Crippen molar-refractivity contribution < 1.29 is 8.78 Å². The van der Waals surface area contributed by atoms with Gasteiger partial charge in [-0.2, -0.15) is 0 Å². The average Bonchev–Trinajstić information content (AvgIpc) is 2.37. The molecule has 0 amide bonds. The Morgan fingerprint density at radius 3 is 2.35 bits per heavy atom. The number of hydrogen-bond acceptors (Lipinski definition) is 1. The summed E-state index contributed by atoms with van der Waals surface area (Å²) in [4.78, 5) is 13.9. The first-order valence-electron chi connectivity index (χ1n) is 5.82. The molecule has 1 heterocycles. The Balaban J connectivity index is 2.29. The van der Waals surface area contributed by atoms with E-state index in [0.29, 0.717) is 27.1 Å². The van der Waals surface area contributed by atoms with E-state index < -0.39 is 11.6 Å². The summed E-state index contributed by atoms with van der Waals surface area (Å²) in [6.45, 7) is 0. The van der Waals surface area contributed by atoms with Crippen LogP contribution in [0.2, 0.25) is 5.02 Å². The van der Waals surface area contributed by atoms with Gasteiger partial charge in [0.2, 0.25) is 5.56 Å². The van der Waals surface area contributed by atoms with Gasteiger partial charge in [0, 0.05) is 28.6 Å². The minimum absolute atomic E-state index is 0.238. The van der Waals surface area contributed by atoms with Gasteiger partial charge in [0.1, 0.15) is 11.6 Å². The van der Waals surface area contributed by atoms with Crippen LogP contribution in [0.1, 0.15) is 0 Å². The molecular weight excluding hydrogens is 284 g/mol. The molecule has 1 N–H and O–H groups in total. The monoisotopic (exact) mass is 291 g/mol. The zero-order valence-electron chi connectivity index (χ0n) is 10.1. The largest absolute Gasteiger partial charge is 0.322 e. The highest BCUT2D eigenvalue weighted by Crippen LogP contribution is 2.33. The molecule has 0 aliphatic rings. The molecule has 0 aliphatic carbocycles. The van der Waals surface area contributed by atoms with Crippen LogP contribution in [0.25, 0.3) is 22.0 Å². The van der Waals surface area contributed by atoms with Gasteiger partial charge in [-0.1, -0.05) is 17.7 Å². The second kappa shape index (κ2) is 4.72. The first-order valence-corrected chi connectivity index (χ1v) is 6.20. The predicted molar refractivity (Wildman–Crippen MR) is 74.9 cm³/mol. The second-order valence-corrected chi connectivity index (χ2v) is 4.75. The van der Waals surface area contributed by atoms with Crippen LogP contribution in [-0.4, -0.2) is 4.98 Å². The van der Waals surface area contributed by atoms with Crippen molar-refractivity contribution in [2.45, 2.75) is 0 Å². The Morgan fingerprint density at radius 2 is 1.65 bits per heavy atom. The third kappa shape index (κ3) is 2.18. The van der Waals surface area contributed by atoms with Crippen molar-refractivity contribution in [2.75, 3.05) is 0 Å². The number of fused-ring (bicyclic) bond motifs is 1. The summed E-state index contributed by atoms with van der Waals surface area (Å²) < 4.78 is 26.6. The Hall–Kier alpha value is -2.20. The van der Waals surface area contributed by atoms with E-state index in [9.17, 15) is 13.6 Å². The fraction of sp³-hybridized carbons (Fsp3) is 0. The molecule has 100 valence electrons. The molecule has 2 nitrogen and oxygen atoms in total. The molecule has 0 spiro atoms. The van der Waals surface area contributed by atoms with Gasteiger partial charge in [0.25, 0.3) is 0 Å². The molecule has 0 atom stereocenters. The van der Waals surface area contributed by atoms with Crippen molar-refractivity contribution in [3.63, 3.8) is 0 Å². The third-order valence-corrected chi connectivity index (χ3v) is 3.42. The molecule has 2 aromatic carbocycles. The van der Waals surface area contributed by atoms with Crippen LogP contribution in [0.4, 0.5) is 8.78 Å². The molecule has 0 saturated carbocycles. The van der Waals surface area contributed by atoms with Gasteiger partial charge < -0.3 is 4.98 Å². The lowest BCUT2D eigenvalue weighted by molar-refractivity contribution is 0.584. The maximum Gasteiger partial charge on any atom is 0.248 e. The van der Waals surface area contributed by atoms with Crippen LogP contribution in [0.5, 0.6) is 0 Å². The van der Waals surface area contributed by atoms with E-state index in [1.165, 1.54) is 18.2 Å². The van der Waals surface area contributed by atoms with Crippen molar-refractivity contribution in [2.24, 2.45) is 0 Å². The van der Waals surface area contributed by atoms with E-state index in [1.54, 1.807) is 18.2 Å². The molecule has 3 rings (SSSR count). The molecule has 20 heavy (non-hydrogen) atoms. The molecule has 3 aromatic rings. The Labute approximate surface area is 117 Å². The fourth-order valence-electron chi connectivity index (χ4n) is 2.13. The van der Waals surface area contributed by atoms with Gasteiger partial charge in [-0.15, -0.1) is 0 Å². The summed E-state index contributed by atoms with van der Waals surface area (Å²) in [6, 6.07) is 9.43. The van der Waals surface area contributed by atoms with E-state index in [0.717, 1.165) is 6.07 Å². The van der Waals surface area contributed by atoms with Gasteiger partial charge >= 0.3 is 0 Å². The molecule has 0 aliphatic heterocycles. The molecule has 0 unspecified atom stereocenters.